The van der Waals surface area contributed by atoms with Gasteiger partial charge in [-0.05, 0) is 46.8 Å². The number of halogens is 3. The molecule has 0 aliphatic heterocycles. The van der Waals surface area contributed by atoms with Crippen molar-refractivity contribution in [2.75, 3.05) is 5.73 Å². The molecule has 8 heteroatoms. The molecule has 1 aromatic heterocycles. The molecule has 0 fully saturated rings. The summed E-state index contributed by atoms with van der Waals surface area (Å²) in [6.07, 6.45) is 0. The summed E-state index contributed by atoms with van der Waals surface area (Å²) in [6, 6.07) is 9.02. The largest absolute Gasteiger partial charge is 0.399 e. The van der Waals surface area contributed by atoms with Crippen LogP contribution in [-0.4, -0.2) is 20.2 Å². The fraction of sp³-hybridized carbons (Fsp3) is 0. The Morgan fingerprint density at radius 2 is 1.90 bits per heavy atom. The van der Waals surface area contributed by atoms with Crippen LogP contribution >= 0.6 is 23.2 Å². The van der Waals surface area contributed by atoms with E-state index in [0.29, 0.717) is 21.4 Å². The van der Waals surface area contributed by atoms with Crippen molar-refractivity contribution in [3.8, 4) is 17.1 Å². The summed E-state index contributed by atoms with van der Waals surface area (Å²) in [6.45, 7) is 0. The van der Waals surface area contributed by atoms with Crippen LogP contribution in [0.3, 0.4) is 0 Å². The molecule has 1 heterocycles. The van der Waals surface area contributed by atoms with Gasteiger partial charge in [-0.2, -0.15) is 4.68 Å². The van der Waals surface area contributed by atoms with Gasteiger partial charge in [0.1, 0.15) is 5.82 Å². The van der Waals surface area contributed by atoms with E-state index in [1.54, 1.807) is 18.2 Å². The second kappa shape index (κ2) is 5.31. The molecule has 21 heavy (non-hydrogen) atoms. The first-order valence-electron chi connectivity index (χ1n) is 5.85. The number of rotatable bonds is 2. The maximum atomic E-state index is 14.0. The predicted octanol–water partition coefficient (Wildman–Crippen LogP) is 3.36. The third kappa shape index (κ3) is 2.55. The molecule has 0 saturated heterocycles. The van der Waals surface area contributed by atoms with Gasteiger partial charge in [0.05, 0.1) is 16.3 Å². The highest BCUT2D eigenvalue weighted by Gasteiger charge is 2.17. The Bertz CT molecular complexity index is 818. The Morgan fingerprint density at radius 1 is 1.10 bits per heavy atom. The zero-order valence-corrected chi connectivity index (χ0v) is 12.0. The van der Waals surface area contributed by atoms with Crippen molar-refractivity contribution < 1.29 is 4.39 Å². The minimum absolute atomic E-state index is 0.186. The first-order valence-corrected chi connectivity index (χ1v) is 6.61. The first kappa shape index (κ1) is 13.8. The van der Waals surface area contributed by atoms with E-state index in [9.17, 15) is 4.39 Å². The molecule has 0 bridgehead atoms. The number of aromatic nitrogens is 4. The Kier molecular flexibility index (Phi) is 3.48. The lowest BCUT2D eigenvalue weighted by atomic mass is 10.1. The van der Waals surface area contributed by atoms with Crippen molar-refractivity contribution in [3.05, 3.63) is 52.3 Å². The van der Waals surface area contributed by atoms with E-state index >= 15 is 0 Å². The zero-order valence-electron chi connectivity index (χ0n) is 10.5. The van der Waals surface area contributed by atoms with E-state index in [2.05, 4.69) is 15.5 Å². The summed E-state index contributed by atoms with van der Waals surface area (Å²) < 4.78 is 15.3. The molecule has 3 rings (SSSR count). The lowest BCUT2D eigenvalue weighted by Gasteiger charge is -2.08. The molecule has 0 atom stereocenters. The van der Waals surface area contributed by atoms with Crippen molar-refractivity contribution in [1.82, 2.24) is 20.2 Å². The molecule has 106 valence electrons. The van der Waals surface area contributed by atoms with Gasteiger partial charge >= 0.3 is 0 Å². The SMILES string of the molecule is Nc1ccc(F)c(-c2nnnn2-c2ccc(Cl)cc2Cl)c1. The average molecular weight is 324 g/mol. The van der Waals surface area contributed by atoms with Crippen LogP contribution in [0.1, 0.15) is 0 Å². The first-order chi connectivity index (χ1) is 10.1. The van der Waals surface area contributed by atoms with Crippen LogP contribution in [0.5, 0.6) is 0 Å². The van der Waals surface area contributed by atoms with Gasteiger partial charge in [-0.3, -0.25) is 0 Å². The van der Waals surface area contributed by atoms with Crippen LogP contribution in [0.4, 0.5) is 10.1 Å². The molecule has 0 amide bonds. The van der Waals surface area contributed by atoms with Crippen molar-refractivity contribution in [2.24, 2.45) is 0 Å². The Balaban J connectivity index is 2.19. The summed E-state index contributed by atoms with van der Waals surface area (Å²) in [5.41, 5.74) is 6.76. The lowest BCUT2D eigenvalue weighted by Crippen LogP contribution is -2.02. The minimum Gasteiger partial charge on any atom is -0.399 e. The summed E-state index contributed by atoms with van der Waals surface area (Å²) in [5, 5.41) is 12.1. The average Bonchev–Trinajstić information content (AvgIpc) is 2.90. The van der Waals surface area contributed by atoms with Gasteiger partial charge < -0.3 is 5.73 Å². The molecular formula is C13H8Cl2FN5. The molecule has 0 saturated carbocycles. The van der Waals surface area contributed by atoms with Crippen LogP contribution in [0, 0.1) is 5.82 Å². The maximum Gasteiger partial charge on any atom is 0.190 e. The Labute approximate surface area is 129 Å². The fourth-order valence-electron chi connectivity index (χ4n) is 1.88. The second-order valence-electron chi connectivity index (χ2n) is 4.25. The molecule has 0 radical (unpaired) electrons. The quantitative estimate of drug-likeness (QED) is 0.734. The summed E-state index contributed by atoms with van der Waals surface area (Å²) in [5.74, 6) is -0.283. The lowest BCUT2D eigenvalue weighted by molar-refractivity contribution is 0.629. The molecule has 0 spiro atoms. The molecule has 5 nitrogen and oxygen atoms in total. The van der Waals surface area contributed by atoms with Crippen molar-refractivity contribution in [2.45, 2.75) is 0 Å². The van der Waals surface area contributed by atoms with Crippen LogP contribution in [0.15, 0.2) is 36.4 Å². The monoisotopic (exact) mass is 323 g/mol. The number of nitrogens with zero attached hydrogens (tertiary/aromatic N) is 4. The van der Waals surface area contributed by atoms with Crippen molar-refractivity contribution >= 4 is 28.9 Å². The molecule has 2 N–H and O–H groups in total. The standard InChI is InChI=1S/C13H8Cl2FN5/c14-7-1-4-12(10(15)5-7)21-13(18-19-20-21)9-6-8(17)2-3-11(9)16/h1-6H,17H2. The van der Waals surface area contributed by atoms with Crippen molar-refractivity contribution in [3.63, 3.8) is 0 Å². The third-order valence-electron chi connectivity index (χ3n) is 2.84. The number of hydrogen-bond acceptors (Lipinski definition) is 4. The number of nitrogens with two attached hydrogens (primary N) is 1. The van der Waals surface area contributed by atoms with E-state index in [-0.39, 0.29) is 11.4 Å². The van der Waals surface area contributed by atoms with Gasteiger partial charge in [0.25, 0.3) is 0 Å². The Morgan fingerprint density at radius 3 is 2.67 bits per heavy atom. The molecular weight excluding hydrogens is 316 g/mol. The van der Waals surface area contributed by atoms with E-state index in [1.807, 2.05) is 0 Å². The van der Waals surface area contributed by atoms with E-state index in [1.165, 1.54) is 22.9 Å². The van der Waals surface area contributed by atoms with Gasteiger partial charge in [0.15, 0.2) is 5.82 Å². The topological polar surface area (TPSA) is 69.6 Å². The summed E-state index contributed by atoms with van der Waals surface area (Å²) in [7, 11) is 0. The Hall–Kier alpha value is -2.18. The van der Waals surface area contributed by atoms with Gasteiger partial charge in [0.2, 0.25) is 0 Å². The predicted molar refractivity (Wildman–Crippen MR) is 79.0 cm³/mol. The van der Waals surface area contributed by atoms with Crippen LogP contribution in [0.25, 0.3) is 17.1 Å². The summed E-state index contributed by atoms with van der Waals surface area (Å²) in [4.78, 5) is 0. The molecule has 0 unspecified atom stereocenters. The summed E-state index contributed by atoms with van der Waals surface area (Å²) >= 11 is 12.0. The van der Waals surface area contributed by atoms with Gasteiger partial charge in [-0.15, -0.1) is 5.10 Å². The highest BCUT2D eigenvalue weighted by molar-refractivity contribution is 6.35. The molecule has 0 aliphatic carbocycles. The molecule has 0 aliphatic rings. The molecule has 2 aromatic carbocycles. The number of tetrazole rings is 1. The van der Waals surface area contributed by atoms with Gasteiger partial charge in [-0.1, -0.05) is 23.2 Å². The highest BCUT2D eigenvalue weighted by atomic mass is 35.5. The number of benzene rings is 2. The van der Waals surface area contributed by atoms with Crippen LogP contribution in [0.2, 0.25) is 10.0 Å². The van der Waals surface area contributed by atoms with E-state index < -0.39 is 5.82 Å². The van der Waals surface area contributed by atoms with E-state index in [0.717, 1.165) is 0 Å². The number of anilines is 1. The number of nitrogen functional groups attached to an aromatic ring is 1. The highest BCUT2D eigenvalue weighted by Crippen LogP contribution is 2.29. The van der Waals surface area contributed by atoms with E-state index in [4.69, 9.17) is 28.9 Å². The number of hydrogen-bond donors (Lipinski definition) is 1. The minimum atomic E-state index is -0.481. The maximum absolute atomic E-state index is 14.0. The van der Waals surface area contributed by atoms with Crippen LogP contribution in [-0.2, 0) is 0 Å². The molecule has 3 aromatic rings. The van der Waals surface area contributed by atoms with Gasteiger partial charge in [0, 0.05) is 10.7 Å². The third-order valence-corrected chi connectivity index (χ3v) is 3.38. The van der Waals surface area contributed by atoms with Crippen LogP contribution < -0.4 is 5.73 Å². The second-order valence-corrected chi connectivity index (χ2v) is 5.09. The van der Waals surface area contributed by atoms with Gasteiger partial charge in [-0.25, -0.2) is 4.39 Å². The van der Waals surface area contributed by atoms with Crippen molar-refractivity contribution in [1.29, 1.82) is 0 Å². The zero-order chi connectivity index (χ0) is 15.0. The smallest absolute Gasteiger partial charge is 0.190 e. The fourth-order valence-corrected chi connectivity index (χ4v) is 2.37. The normalized spacial score (nSPS) is 10.8.